The van der Waals surface area contributed by atoms with Crippen LogP contribution in [-0.2, 0) is 20.7 Å². The van der Waals surface area contributed by atoms with Crippen LogP contribution in [0.1, 0.15) is 5.69 Å². The van der Waals surface area contributed by atoms with Gasteiger partial charge in [0.05, 0.1) is 6.61 Å². The largest absolute Gasteiger partial charge is 0.383 e. The number of amides is 2. The normalized spacial score (nSPS) is 9.83. The van der Waals surface area contributed by atoms with E-state index in [1.807, 2.05) is 18.2 Å². The number of pyridine rings is 1. The zero-order valence-electron chi connectivity index (χ0n) is 10.3. The Morgan fingerprint density at radius 1 is 1.22 bits per heavy atom. The second kappa shape index (κ2) is 8.19. The molecule has 0 saturated carbocycles. The van der Waals surface area contributed by atoms with E-state index in [2.05, 4.69) is 15.6 Å². The highest BCUT2D eigenvalue weighted by atomic mass is 16.5. The van der Waals surface area contributed by atoms with E-state index in [4.69, 9.17) is 4.74 Å². The monoisotopic (exact) mass is 251 g/mol. The van der Waals surface area contributed by atoms with Gasteiger partial charge in [-0.15, -0.1) is 0 Å². The molecule has 6 nitrogen and oxygen atoms in total. The van der Waals surface area contributed by atoms with E-state index in [0.717, 1.165) is 5.69 Å². The summed E-state index contributed by atoms with van der Waals surface area (Å²) in [4.78, 5) is 26.7. The Kier molecular flexibility index (Phi) is 6.42. The molecule has 2 amide bonds. The van der Waals surface area contributed by atoms with Gasteiger partial charge in [-0.05, 0) is 12.1 Å². The van der Waals surface area contributed by atoms with Crippen molar-refractivity contribution in [3.05, 3.63) is 30.1 Å². The molecule has 0 spiro atoms. The van der Waals surface area contributed by atoms with Gasteiger partial charge in [0.15, 0.2) is 0 Å². The van der Waals surface area contributed by atoms with E-state index >= 15 is 0 Å². The minimum atomic E-state index is -0.645. The van der Waals surface area contributed by atoms with Crippen molar-refractivity contribution in [1.29, 1.82) is 0 Å². The Labute approximate surface area is 106 Å². The first-order valence-electron chi connectivity index (χ1n) is 5.69. The van der Waals surface area contributed by atoms with Crippen molar-refractivity contribution in [2.24, 2.45) is 0 Å². The van der Waals surface area contributed by atoms with Crippen LogP contribution in [0.4, 0.5) is 0 Å². The molecule has 0 radical (unpaired) electrons. The molecule has 0 aliphatic heterocycles. The van der Waals surface area contributed by atoms with Gasteiger partial charge >= 0.3 is 11.8 Å². The molecular formula is C12H17N3O3. The molecule has 1 heterocycles. The molecule has 18 heavy (non-hydrogen) atoms. The number of nitrogens with zero attached hydrogens (tertiary/aromatic N) is 1. The summed E-state index contributed by atoms with van der Waals surface area (Å²) in [5, 5.41) is 4.97. The third-order valence-electron chi connectivity index (χ3n) is 2.19. The summed E-state index contributed by atoms with van der Waals surface area (Å²) >= 11 is 0. The molecule has 0 aliphatic rings. The quantitative estimate of drug-likeness (QED) is 0.528. The predicted molar refractivity (Wildman–Crippen MR) is 65.8 cm³/mol. The smallest absolute Gasteiger partial charge is 0.309 e. The lowest BCUT2D eigenvalue weighted by atomic mass is 10.3. The van der Waals surface area contributed by atoms with Crippen LogP contribution in [-0.4, -0.2) is 43.6 Å². The van der Waals surface area contributed by atoms with Crippen molar-refractivity contribution >= 4 is 11.8 Å². The summed E-state index contributed by atoms with van der Waals surface area (Å²) in [7, 11) is 1.53. The molecule has 0 bridgehead atoms. The average molecular weight is 251 g/mol. The van der Waals surface area contributed by atoms with Crippen molar-refractivity contribution in [2.75, 3.05) is 26.8 Å². The summed E-state index contributed by atoms with van der Waals surface area (Å²) in [6.07, 6.45) is 2.28. The lowest BCUT2D eigenvalue weighted by Gasteiger charge is -2.05. The number of rotatable bonds is 6. The molecule has 0 atom stereocenters. The molecule has 1 aromatic rings. The first-order valence-corrected chi connectivity index (χ1v) is 5.69. The highest BCUT2D eigenvalue weighted by Crippen LogP contribution is 1.92. The predicted octanol–water partition coefficient (Wildman–Crippen LogP) is -0.497. The van der Waals surface area contributed by atoms with Crippen LogP contribution in [0, 0.1) is 0 Å². The van der Waals surface area contributed by atoms with E-state index in [-0.39, 0.29) is 0 Å². The molecule has 6 heteroatoms. The van der Waals surface area contributed by atoms with Crippen LogP contribution in [0.15, 0.2) is 24.4 Å². The second-order valence-electron chi connectivity index (χ2n) is 3.58. The van der Waals surface area contributed by atoms with Crippen molar-refractivity contribution in [3.8, 4) is 0 Å². The Hall–Kier alpha value is -1.95. The molecule has 0 fully saturated rings. The van der Waals surface area contributed by atoms with Crippen LogP contribution >= 0.6 is 0 Å². The molecule has 0 saturated heterocycles. The first kappa shape index (κ1) is 14.1. The number of carbonyl (C=O) groups excluding carboxylic acids is 2. The van der Waals surface area contributed by atoms with Crippen molar-refractivity contribution in [1.82, 2.24) is 15.6 Å². The first-order chi connectivity index (χ1) is 8.74. The van der Waals surface area contributed by atoms with Gasteiger partial charge in [-0.2, -0.15) is 0 Å². The number of ether oxygens (including phenoxy) is 1. The van der Waals surface area contributed by atoms with Gasteiger partial charge < -0.3 is 15.4 Å². The lowest BCUT2D eigenvalue weighted by molar-refractivity contribution is -0.139. The molecule has 0 aliphatic carbocycles. The van der Waals surface area contributed by atoms with Gasteiger partial charge in [0.25, 0.3) is 0 Å². The number of carbonyl (C=O) groups is 2. The summed E-state index contributed by atoms with van der Waals surface area (Å²) in [6.45, 7) is 1.09. The number of hydrogen-bond donors (Lipinski definition) is 2. The Balaban J connectivity index is 2.18. The second-order valence-corrected chi connectivity index (χ2v) is 3.58. The standard InChI is InChI=1S/C12H17N3O3/c1-18-9-8-15-12(17)11(16)14-7-5-10-4-2-3-6-13-10/h2-4,6H,5,7-9H2,1H3,(H,14,16)(H,15,17). The fourth-order valence-electron chi connectivity index (χ4n) is 1.28. The maximum Gasteiger partial charge on any atom is 0.309 e. The highest BCUT2D eigenvalue weighted by Gasteiger charge is 2.11. The van der Waals surface area contributed by atoms with E-state index in [1.165, 1.54) is 7.11 Å². The van der Waals surface area contributed by atoms with E-state index in [1.54, 1.807) is 6.20 Å². The minimum absolute atomic E-state index is 0.322. The zero-order valence-corrected chi connectivity index (χ0v) is 10.3. The van der Waals surface area contributed by atoms with Crippen LogP contribution in [0.5, 0.6) is 0 Å². The number of nitrogens with one attached hydrogen (secondary N) is 2. The van der Waals surface area contributed by atoms with Gasteiger partial charge in [0.2, 0.25) is 0 Å². The minimum Gasteiger partial charge on any atom is -0.383 e. The Morgan fingerprint density at radius 3 is 2.56 bits per heavy atom. The van der Waals surface area contributed by atoms with Gasteiger partial charge in [0.1, 0.15) is 0 Å². The molecule has 98 valence electrons. The highest BCUT2D eigenvalue weighted by molar-refractivity contribution is 6.35. The van der Waals surface area contributed by atoms with Gasteiger partial charge in [-0.1, -0.05) is 6.07 Å². The van der Waals surface area contributed by atoms with Crippen molar-refractivity contribution in [3.63, 3.8) is 0 Å². The summed E-state index contributed by atoms with van der Waals surface area (Å²) in [5.74, 6) is -1.28. The molecular weight excluding hydrogens is 234 g/mol. The van der Waals surface area contributed by atoms with Crippen LogP contribution in [0.25, 0.3) is 0 Å². The van der Waals surface area contributed by atoms with Crippen LogP contribution in [0.3, 0.4) is 0 Å². The topological polar surface area (TPSA) is 80.3 Å². The number of aromatic nitrogens is 1. The van der Waals surface area contributed by atoms with E-state index in [9.17, 15) is 9.59 Å². The van der Waals surface area contributed by atoms with Gasteiger partial charge in [-0.3, -0.25) is 14.6 Å². The third-order valence-corrected chi connectivity index (χ3v) is 2.19. The SMILES string of the molecule is COCCNC(=O)C(=O)NCCc1ccccn1. The van der Waals surface area contributed by atoms with E-state index < -0.39 is 11.8 Å². The average Bonchev–Trinajstić information content (AvgIpc) is 2.40. The molecule has 1 rings (SSSR count). The van der Waals surface area contributed by atoms with Crippen molar-refractivity contribution < 1.29 is 14.3 Å². The summed E-state index contributed by atoms with van der Waals surface area (Å²) in [5.41, 5.74) is 0.873. The third kappa shape index (κ3) is 5.40. The lowest BCUT2D eigenvalue weighted by Crippen LogP contribution is -2.41. The molecule has 1 aromatic heterocycles. The van der Waals surface area contributed by atoms with Gasteiger partial charge in [-0.25, -0.2) is 0 Å². The molecule has 0 aromatic carbocycles. The molecule has 0 unspecified atom stereocenters. The fraction of sp³-hybridized carbons (Fsp3) is 0.417. The Bertz CT molecular complexity index is 381. The van der Waals surface area contributed by atoms with Gasteiger partial charge in [0, 0.05) is 38.5 Å². The maximum absolute atomic E-state index is 11.3. The van der Waals surface area contributed by atoms with Crippen LogP contribution < -0.4 is 10.6 Å². The summed E-state index contributed by atoms with van der Waals surface area (Å²) < 4.78 is 4.76. The van der Waals surface area contributed by atoms with Crippen LogP contribution in [0.2, 0.25) is 0 Å². The zero-order chi connectivity index (χ0) is 13.2. The Morgan fingerprint density at radius 2 is 1.94 bits per heavy atom. The maximum atomic E-state index is 11.3. The van der Waals surface area contributed by atoms with E-state index in [0.29, 0.717) is 26.1 Å². The summed E-state index contributed by atoms with van der Waals surface area (Å²) in [6, 6.07) is 5.57. The van der Waals surface area contributed by atoms with Crippen molar-refractivity contribution in [2.45, 2.75) is 6.42 Å². The molecule has 2 N–H and O–H groups in total. The number of hydrogen-bond acceptors (Lipinski definition) is 4. The fourth-order valence-corrected chi connectivity index (χ4v) is 1.28. The number of methoxy groups -OCH3 is 1.